The SMILES string of the molecule is C=C1[C-]=C(C(C)C)C(C2=C(C)C=CC2)=C1.[Cl-].[Cl-].[Ti+3]. The van der Waals surface area contributed by atoms with E-state index in [2.05, 4.69) is 51.7 Å². The summed E-state index contributed by atoms with van der Waals surface area (Å²) >= 11 is 0. The maximum atomic E-state index is 3.98. The molecule has 0 aliphatic heterocycles. The second-order valence-electron chi connectivity index (χ2n) is 4.54. The van der Waals surface area contributed by atoms with Gasteiger partial charge < -0.3 is 24.8 Å². The third-order valence-corrected chi connectivity index (χ3v) is 2.97. The van der Waals surface area contributed by atoms with Gasteiger partial charge in [0.1, 0.15) is 0 Å². The Morgan fingerprint density at radius 2 is 1.89 bits per heavy atom. The quantitative estimate of drug-likeness (QED) is 0.415. The topological polar surface area (TPSA) is 0 Å². The van der Waals surface area contributed by atoms with E-state index in [0.29, 0.717) is 5.92 Å². The van der Waals surface area contributed by atoms with E-state index >= 15 is 0 Å². The molecule has 0 spiro atoms. The number of hydrogen-bond donors (Lipinski definition) is 0. The first-order chi connectivity index (χ1) is 7.09. The Balaban J connectivity index is 0. The van der Waals surface area contributed by atoms with Gasteiger partial charge in [-0.05, 0) is 19.3 Å². The van der Waals surface area contributed by atoms with Crippen molar-refractivity contribution in [1.29, 1.82) is 0 Å². The van der Waals surface area contributed by atoms with Crippen molar-refractivity contribution < 1.29 is 46.5 Å². The summed E-state index contributed by atoms with van der Waals surface area (Å²) in [6.45, 7) is 10.6. The van der Waals surface area contributed by atoms with Crippen LogP contribution in [0.1, 0.15) is 27.2 Å². The van der Waals surface area contributed by atoms with Gasteiger partial charge in [0, 0.05) is 0 Å². The van der Waals surface area contributed by atoms with Crippen molar-refractivity contribution in [2.24, 2.45) is 5.92 Å². The van der Waals surface area contributed by atoms with Crippen LogP contribution in [-0.4, -0.2) is 0 Å². The van der Waals surface area contributed by atoms with E-state index in [4.69, 9.17) is 0 Å². The molecule has 0 amide bonds. The summed E-state index contributed by atoms with van der Waals surface area (Å²) in [4.78, 5) is 0. The molecule has 1 radical (unpaired) electrons. The molecule has 2 rings (SSSR count). The molecule has 0 saturated carbocycles. The minimum atomic E-state index is 0. The van der Waals surface area contributed by atoms with Crippen LogP contribution >= 0.6 is 0 Å². The van der Waals surface area contributed by atoms with E-state index in [-0.39, 0.29) is 46.5 Å². The van der Waals surface area contributed by atoms with Gasteiger partial charge in [0.05, 0.1) is 0 Å². The van der Waals surface area contributed by atoms with E-state index in [1.165, 1.54) is 22.3 Å². The molecule has 0 N–H and O–H groups in total. The molecule has 2 aliphatic carbocycles. The third-order valence-electron chi connectivity index (χ3n) is 2.97. The van der Waals surface area contributed by atoms with E-state index in [0.717, 1.165) is 12.0 Å². The maximum absolute atomic E-state index is 3.98. The zero-order valence-electron chi connectivity index (χ0n) is 11.0. The summed E-state index contributed by atoms with van der Waals surface area (Å²) < 4.78 is 0. The van der Waals surface area contributed by atoms with Crippen LogP contribution in [0.15, 0.2) is 52.7 Å². The van der Waals surface area contributed by atoms with Crippen LogP contribution < -0.4 is 24.8 Å². The Hall–Kier alpha value is -0.00571. The van der Waals surface area contributed by atoms with Crippen molar-refractivity contribution in [2.75, 3.05) is 0 Å². The summed E-state index contributed by atoms with van der Waals surface area (Å²) in [6.07, 6.45) is 11.0. The zero-order chi connectivity index (χ0) is 11.0. The van der Waals surface area contributed by atoms with Gasteiger partial charge in [-0.2, -0.15) is 18.2 Å². The fourth-order valence-electron chi connectivity index (χ4n) is 2.17. The van der Waals surface area contributed by atoms with Crippen molar-refractivity contribution in [3.63, 3.8) is 0 Å². The summed E-state index contributed by atoms with van der Waals surface area (Å²) in [7, 11) is 0. The van der Waals surface area contributed by atoms with Crippen LogP contribution in [0.3, 0.4) is 0 Å². The van der Waals surface area contributed by atoms with E-state index < -0.39 is 0 Å². The second-order valence-corrected chi connectivity index (χ2v) is 4.54. The van der Waals surface area contributed by atoms with Crippen LogP contribution in [0, 0.1) is 12.0 Å². The Bertz CT molecular complexity index is 437. The first-order valence-corrected chi connectivity index (χ1v) is 5.51. The van der Waals surface area contributed by atoms with Crippen LogP contribution in [0.25, 0.3) is 0 Å². The summed E-state index contributed by atoms with van der Waals surface area (Å²) in [5.41, 5.74) is 6.53. The first kappa shape index (κ1) is 20.3. The molecule has 3 heteroatoms. The molecular weight excluding hydrogens is 299 g/mol. The number of rotatable bonds is 2. The third kappa shape index (κ3) is 4.00. The van der Waals surface area contributed by atoms with Crippen molar-refractivity contribution in [3.05, 3.63) is 58.7 Å². The predicted octanol–water partition coefficient (Wildman–Crippen LogP) is -1.85. The fraction of sp³-hybridized carbons (Fsp3) is 0.333. The molecular formula is C15H17Cl2Ti. The second kappa shape index (κ2) is 8.22. The zero-order valence-corrected chi connectivity index (χ0v) is 14.1. The van der Waals surface area contributed by atoms with Gasteiger partial charge in [-0.15, -0.1) is 17.2 Å². The normalized spacial score (nSPS) is 17.0. The van der Waals surface area contributed by atoms with E-state index in [1.54, 1.807) is 0 Å². The molecule has 0 bridgehead atoms. The predicted molar refractivity (Wildman–Crippen MR) is 65.3 cm³/mol. The smallest absolute Gasteiger partial charge is 1.00 e. The molecule has 0 aromatic heterocycles. The van der Waals surface area contributed by atoms with E-state index in [1.807, 2.05) is 0 Å². The Morgan fingerprint density at radius 1 is 1.28 bits per heavy atom. The van der Waals surface area contributed by atoms with Crippen LogP contribution in [-0.2, 0) is 21.7 Å². The van der Waals surface area contributed by atoms with Crippen LogP contribution in [0.2, 0.25) is 0 Å². The Kier molecular flexibility index (Phi) is 9.28. The van der Waals surface area contributed by atoms with Crippen molar-refractivity contribution >= 4 is 0 Å². The molecule has 0 fully saturated rings. The average molecular weight is 316 g/mol. The average Bonchev–Trinajstić information content (AvgIpc) is 2.71. The van der Waals surface area contributed by atoms with Gasteiger partial charge in [-0.25, -0.2) is 0 Å². The van der Waals surface area contributed by atoms with E-state index in [9.17, 15) is 0 Å². The van der Waals surface area contributed by atoms with Crippen LogP contribution in [0.4, 0.5) is 0 Å². The summed E-state index contributed by atoms with van der Waals surface area (Å²) in [6, 6.07) is 0. The molecule has 0 aromatic rings. The van der Waals surface area contributed by atoms with Gasteiger partial charge in [0.15, 0.2) is 0 Å². The van der Waals surface area contributed by atoms with Gasteiger partial charge >= 0.3 is 21.7 Å². The molecule has 95 valence electrons. The minimum Gasteiger partial charge on any atom is -1.00 e. The number of hydrogen-bond acceptors (Lipinski definition) is 0. The molecule has 0 atom stereocenters. The molecule has 0 heterocycles. The van der Waals surface area contributed by atoms with Crippen molar-refractivity contribution in [2.45, 2.75) is 27.2 Å². The molecule has 18 heavy (non-hydrogen) atoms. The first-order valence-electron chi connectivity index (χ1n) is 5.51. The largest absolute Gasteiger partial charge is 3.00 e. The van der Waals surface area contributed by atoms with Crippen molar-refractivity contribution in [3.8, 4) is 0 Å². The number of allylic oxidation sites excluding steroid dienone is 9. The summed E-state index contributed by atoms with van der Waals surface area (Å²) in [5.74, 6) is 0.524. The van der Waals surface area contributed by atoms with Gasteiger partial charge in [0.25, 0.3) is 0 Å². The van der Waals surface area contributed by atoms with Crippen molar-refractivity contribution in [1.82, 2.24) is 0 Å². The molecule has 2 aliphatic rings. The Morgan fingerprint density at radius 3 is 2.33 bits per heavy atom. The standard InChI is InChI=1S/C15H17.2ClH.Ti/c1-10(2)14-8-11(3)9-15(14)13-7-5-6-12(13)4;;;/h5-6,9-10H,3,7H2,1-2,4H3;2*1H;/q-1;;;+3/p-2. The fourth-order valence-corrected chi connectivity index (χ4v) is 2.17. The number of halogens is 2. The minimum absolute atomic E-state index is 0. The summed E-state index contributed by atoms with van der Waals surface area (Å²) in [5, 5.41) is 0. The molecule has 0 unspecified atom stereocenters. The monoisotopic (exact) mass is 315 g/mol. The molecule has 0 saturated heterocycles. The maximum Gasteiger partial charge on any atom is 3.00 e. The van der Waals surface area contributed by atoms with Gasteiger partial charge in [0.2, 0.25) is 0 Å². The molecule has 0 nitrogen and oxygen atoms in total. The van der Waals surface area contributed by atoms with Crippen LogP contribution in [0.5, 0.6) is 0 Å². The van der Waals surface area contributed by atoms with Gasteiger partial charge in [-0.3, -0.25) is 0 Å². The molecule has 0 aromatic carbocycles. The van der Waals surface area contributed by atoms with Gasteiger partial charge in [-0.1, -0.05) is 37.1 Å². The Labute approximate surface area is 138 Å².